The molecule has 1 N–H and O–H groups in total. The lowest BCUT2D eigenvalue weighted by atomic mass is 9.98. The molecule has 130 valence electrons. The fourth-order valence-electron chi connectivity index (χ4n) is 3.32. The lowest BCUT2D eigenvalue weighted by molar-refractivity contribution is 0.0888. The molecule has 0 unspecified atom stereocenters. The Morgan fingerprint density at radius 1 is 0.962 bits per heavy atom. The summed E-state index contributed by atoms with van der Waals surface area (Å²) in [6, 6.07) is 12.4. The van der Waals surface area contributed by atoms with E-state index >= 15 is 0 Å². The summed E-state index contributed by atoms with van der Waals surface area (Å²) in [5.74, 6) is -1.56. The minimum atomic E-state index is -4.33. The van der Waals surface area contributed by atoms with Crippen LogP contribution in [0.25, 0.3) is 10.9 Å². The number of carbonyl (C=O) groups is 2. The van der Waals surface area contributed by atoms with Crippen molar-refractivity contribution in [1.82, 2.24) is 4.98 Å². The van der Waals surface area contributed by atoms with Gasteiger partial charge in [0.05, 0.1) is 16.1 Å². The van der Waals surface area contributed by atoms with Crippen molar-refractivity contribution in [2.75, 3.05) is 0 Å². The van der Waals surface area contributed by atoms with Crippen LogP contribution in [0.15, 0.2) is 53.4 Å². The molecule has 0 atom stereocenters. The molecular formula is C19H13NO5S. The number of carbonyl (C=O) groups excluding carboxylic acids is 2. The Morgan fingerprint density at radius 2 is 1.58 bits per heavy atom. The first-order valence-corrected chi connectivity index (χ1v) is 9.27. The number of fused-ring (bicyclic) bond motifs is 2. The zero-order valence-electron chi connectivity index (χ0n) is 13.6. The fourth-order valence-corrected chi connectivity index (χ4v) is 3.92. The maximum atomic E-state index is 12.6. The second-order valence-electron chi connectivity index (χ2n) is 6.23. The van der Waals surface area contributed by atoms with E-state index in [2.05, 4.69) is 4.98 Å². The maximum absolute atomic E-state index is 12.6. The van der Waals surface area contributed by atoms with E-state index in [-0.39, 0.29) is 16.5 Å². The maximum Gasteiger partial charge on any atom is 0.294 e. The van der Waals surface area contributed by atoms with Crippen LogP contribution in [0, 0.1) is 6.92 Å². The van der Waals surface area contributed by atoms with Crippen LogP contribution >= 0.6 is 0 Å². The van der Waals surface area contributed by atoms with E-state index in [4.69, 9.17) is 0 Å². The molecule has 2 aromatic carbocycles. The van der Waals surface area contributed by atoms with Gasteiger partial charge in [-0.05, 0) is 30.7 Å². The number of pyridine rings is 1. The highest BCUT2D eigenvalue weighted by Crippen LogP contribution is 2.34. The van der Waals surface area contributed by atoms with Crippen molar-refractivity contribution in [3.05, 3.63) is 70.9 Å². The topological polar surface area (TPSA) is 101 Å². The van der Waals surface area contributed by atoms with E-state index in [1.54, 1.807) is 43.3 Å². The van der Waals surface area contributed by atoms with E-state index in [0.717, 1.165) is 0 Å². The molecule has 0 amide bonds. The normalized spacial score (nSPS) is 14.8. The molecule has 1 aliphatic rings. The molecule has 0 spiro atoms. The Labute approximate surface area is 149 Å². The van der Waals surface area contributed by atoms with Crippen molar-refractivity contribution in [3.63, 3.8) is 0 Å². The van der Waals surface area contributed by atoms with Gasteiger partial charge in [-0.1, -0.05) is 30.3 Å². The van der Waals surface area contributed by atoms with Crippen molar-refractivity contribution in [2.45, 2.75) is 17.7 Å². The van der Waals surface area contributed by atoms with E-state index in [1.807, 2.05) is 0 Å². The summed E-state index contributed by atoms with van der Waals surface area (Å²) in [5.41, 5.74) is 2.11. The van der Waals surface area contributed by atoms with Gasteiger partial charge in [-0.3, -0.25) is 19.1 Å². The quantitative estimate of drug-likeness (QED) is 0.552. The SMILES string of the molecule is Cc1cc(S(=O)(=O)O)cc2ccc(C3C(=O)c4ccccc4C3=O)nc12. The molecule has 0 bridgehead atoms. The third-order valence-corrected chi connectivity index (χ3v) is 5.39. The Morgan fingerprint density at radius 3 is 2.15 bits per heavy atom. The van der Waals surface area contributed by atoms with Gasteiger partial charge < -0.3 is 0 Å². The largest absolute Gasteiger partial charge is 0.294 e. The first kappa shape index (κ1) is 16.6. The summed E-state index contributed by atoms with van der Waals surface area (Å²) in [4.78, 5) is 29.5. The van der Waals surface area contributed by atoms with Crippen molar-refractivity contribution in [1.29, 1.82) is 0 Å². The van der Waals surface area contributed by atoms with Crippen LogP contribution in [0.1, 0.15) is 37.9 Å². The van der Waals surface area contributed by atoms with Crippen LogP contribution in [0.2, 0.25) is 0 Å². The molecule has 26 heavy (non-hydrogen) atoms. The van der Waals surface area contributed by atoms with Gasteiger partial charge in [0.25, 0.3) is 10.1 Å². The Balaban J connectivity index is 1.86. The summed E-state index contributed by atoms with van der Waals surface area (Å²) < 4.78 is 32.0. The number of benzene rings is 2. The van der Waals surface area contributed by atoms with Crippen LogP contribution in [0.5, 0.6) is 0 Å². The summed E-state index contributed by atoms with van der Waals surface area (Å²) in [7, 11) is -4.33. The lowest BCUT2D eigenvalue weighted by Gasteiger charge is -2.10. The fraction of sp³-hybridized carbons (Fsp3) is 0.105. The second-order valence-corrected chi connectivity index (χ2v) is 7.65. The average Bonchev–Trinajstić information content (AvgIpc) is 2.85. The number of ketones is 2. The summed E-state index contributed by atoms with van der Waals surface area (Å²) in [6.07, 6.45) is 0. The third kappa shape index (κ3) is 2.44. The molecule has 4 rings (SSSR count). The first-order chi connectivity index (χ1) is 12.3. The number of aromatic nitrogens is 1. The van der Waals surface area contributed by atoms with Crippen molar-refractivity contribution in [3.8, 4) is 0 Å². The molecule has 0 aliphatic heterocycles. The monoisotopic (exact) mass is 367 g/mol. The van der Waals surface area contributed by atoms with Gasteiger partial charge in [-0.25, -0.2) is 0 Å². The highest BCUT2D eigenvalue weighted by Gasteiger charge is 2.40. The number of nitrogens with zero attached hydrogens (tertiary/aromatic N) is 1. The van der Waals surface area contributed by atoms with Gasteiger partial charge in [0.15, 0.2) is 11.6 Å². The zero-order chi connectivity index (χ0) is 18.6. The number of Topliss-reactive ketones (excluding diaryl/α,β-unsaturated/α-hetero) is 2. The van der Waals surface area contributed by atoms with Crippen molar-refractivity contribution >= 4 is 32.6 Å². The number of rotatable bonds is 2. The van der Waals surface area contributed by atoms with E-state index in [0.29, 0.717) is 33.3 Å². The highest BCUT2D eigenvalue weighted by molar-refractivity contribution is 7.85. The highest BCUT2D eigenvalue weighted by atomic mass is 32.2. The Kier molecular flexibility index (Phi) is 3.54. The Bertz CT molecular complexity index is 1180. The molecule has 1 aliphatic carbocycles. The molecule has 0 saturated heterocycles. The van der Waals surface area contributed by atoms with Gasteiger partial charge in [0.1, 0.15) is 5.92 Å². The number of hydrogen-bond acceptors (Lipinski definition) is 5. The molecule has 7 heteroatoms. The summed E-state index contributed by atoms with van der Waals surface area (Å²) in [6.45, 7) is 1.65. The van der Waals surface area contributed by atoms with Gasteiger partial charge in [-0.2, -0.15) is 8.42 Å². The predicted molar refractivity (Wildman–Crippen MR) is 94.1 cm³/mol. The standard InChI is InChI=1S/C19H13NO5S/c1-10-8-12(26(23,24)25)9-11-6-7-15(20-17(10)11)16-18(21)13-4-2-3-5-14(13)19(16)22/h2-9,16H,1H3,(H,23,24,25). The summed E-state index contributed by atoms with van der Waals surface area (Å²) in [5, 5.41) is 0.497. The summed E-state index contributed by atoms with van der Waals surface area (Å²) >= 11 is 0. The van der Waals surface area contributed by atoms with Crippen molar-refractivity contribution < 1.29 is 22.6 Å². The second kappa shape index (κ2) is 5.55. The molecule has 0 radical (unpaired) electrons. The molecule has 0 saturated carbocycles. The predicted octanol–water partition coefficient (Wildman–Crippen LogP) is 2.95. The van der Waals surface area contributed by atoms with Crippen LogP contribution in [-0.4, -0.2) is 29.5 Å². The van der Waals surface area contributed by atoms with Crippen LogP contribution < -0.4 is 0 Å². The van der Waals surface area contributed by atoms with Gasteiger partial charge in [0.2, 0.25) is 0 Å². The van der Waals surface area contributed by atoms with Gasteiger partial charge >= 0.3 is 0 Å². The van der Waals surface area contributed by atoms with E-state index in [1.165, 1.54) is 12.1 Å². The molecule has 3 aromatic rings. The molecular weight excluding hydrogens is 354 g/mol. The molecule has 6 nitrogen and oxygen atoms in total. The smallest absolute Gasteiger partial charge is 0.293 e. The Hall–Kier alpha value is -2.90. The number of hydrogen-bond donors (Lipinski definition) is 1. The van der Waals surface area contributed by atoms with Crippen molar-refractivity contribution in [2.24, 2.45) is 0 Å². The van der Waals surface area contributed by atoms with Gasteiger partial charge in [-0.15, -0.1) is 0 Å². The third-order valence-electron chi connectivity index (χ3n) is 4.55. The zero-order valence-corrected chi connectivity index (χ0v) is 14.4. The number of aryl methyl sites for hydroxylation is 1. The van der Waals surface area contributed by atoms with Crippen LogP contribution in [-0.2, 0) is 10.1 Å². The lowest BCUT2D eigenvalue weighted by Crippen LogP contribution is -2.14. The van der Waals surface area contributed by atoms with Gasteiger partial charge in [0, 0.05) is 16.5 Å². The average molecular weight is 367 g/mol. The molecule has 1 aromatic heterocycles. The minimum Gasteiger partial charge on any atom is -0.293 e. The minimum absolute atomic E-state index is 0.225. The van der Waals surface area contributed by atoms with E-state index < -0.39 is 16.0 Å². The van der Waals surface area contributed by atoms with Crippen LogP contribution in [0.3, 0.4) is 0 Å². The molecule has 1 heterocycles. The first-order valence-electron chi connectivity index (χ1n) is 7.83. The van der Waals surface area contributed by atoms with Crippen LogP contribution in [0.4, 0.5) is 0 Å². The van der Waals surface area contributed by atoms with E-state index in [9.17, 15) is 22.6 Å². The molecule has 0 fully saturated rings.